The number of hydrogen-bond acceptors (Lipinski definition) is 8. The number of nitrogens with one attached hydrogen (secondary N) is 1. The Morgan fingerprint density at radius 2 is 1.62 bits per heavy atom. The standard InChI is InChI=1S/C38H42F4N6O5/c1-3-53-33(49)15-16-44-35(50)28-12-7-9-26(21-28)22-45-17-19-46(20-18-45)34-25(2)47(23-29-30(38(40,41)42)13-8-14-31(29)39)37(52)48(36(34)51)24-32(43)27-10-5-4-6-11-27/h4-14,21,32H,3,15-20,22-24,43H2,1-2H3,(H,44,50)/t32-/m1/s1. The van der Waals surface area contributed by atoms with Gasteiger partial charge in [0.25, 0.3) is 11.5 Å². The highest BCUT2D eigenvalue weighted by Gasteiger charge is 2.35. The molecule has 1 saturated heterocycles. The summed E-state index contributed by atoms with van der Waals surface area (Å²) in [7, 11) is 0. The highest BCUT2D eigenvalue weighted by atomic mass is 19.4. The number of rotatable bonds is 13. The summed E-state index contributed by atoms with van der Waals surface area (Å²) in [4.78, 5) is 56.2. The predicted molar refractivity (Wildman–Crippen MR) is 191 cm³/mol. The van der Waals surface area contributed by atoms with E-state index in [1.54, 1.807) is 60.4 Å². The van der Waals surface area contributed by atoms with Crippen molar-refractivity contribution >= 4 is 17.6 Å². The molecule has 11 nitrogen and oxygen atoms in total. The van der Waals surface area contributed by atoms with E-state index in [4.69, 9.17) is 10.5 Å². The van der Waals surface area contributed by atoms with Gasteiger partial charge >= 0.3 is 17.8 Å². The smallest absolute Gasteiger partial charge is 0.416 e. The summed E-state index contributed by atoms with van der Waals surface area (Å²) in [6.45, 7) is 4.67. The summed E-state index contributed by atoms with van der Waals surface area (Å²) in [6, 6.07) is 17.7. The van der Waals surface area contributed by atoms with E-state index < -0.39 is 52.9 Å². The monoisotopic (exact) mass is 738 g/mol. The summed E-state index contributed by atoms with van der Waals surface area (Å²) in [5, 5.41) is 2.72. The van der Waals surface area contributed by atoms with Gasteiger partial charge in [-0.25, -0.2) is 9.18 Å². The number of benzene rings is 3. The summed E-state index contributed by atoms with van der Waals surface area (Å²) in [5.41, 5.74) is 5.13. The number of halogens is 4. The number of piperazine rings is 1. The first kappa shape index (κ1) is 38.9. The van der Waals surface area contributed by atoms with E-state index in [2.05, 4.69) is 10.2 Å². The number of amides is 1. The summed E-state index contributed by atoms with van der Waals surface area (Å²) < 4.78 is 63.8. The van der Waals surface area contributed by atoms with Crippen molar-refractivity contribution in [1.29, 1.82) is 0 Å². The highest BCUT2D eigenvalue weighted by Crippen LogP contribution is 2.33. The fourth-order valence-corrected chi connectivity index (χ4v) is 6.46. The van der Waals surface area contributed by atoms with Crippen LogP contribution < -0.4 is 27.2 Å². The Kier molecular flexibility index (Phi) is 12.5. The zero-order valence-electron chi connectivity index (χ0n) is 29.5. The third-order valence-electron chi connectivity index (χ3n) is 9.21. The fraction of sp³-hybridized carbons (Fsp3) is 0.368. The molecule has 4 aromatic rings. The molecule has 15 heteroatoms. The number of anilines is 1. The maximum Gasteiger partial charge on any atom is 0.416 e. The molecular formula is C38H42F4N6O5. The van der Waals surface area contributed by atoms with Crippen molar-refractivity contribution in [2.75, 3.05) is 44.2 Å². The van der Waals surface area contributed by atoms with Gasteiger partial charge in [-0.05, 0) is 49.2 Å². The van der Waals surface area contributed by atoms with E-state index in [0.29, 0.717) is 43.9 Å². The van der Waals surface area contributed by atoms with Crippen LogP contribution in [-0.2, 0) is 35.3 Å². The van der Waals surface area contributed by atoms with E-state index in [0.717, 1.165) is 32.9 Å². The molecule has 2 heterocycles. The number of carbonyl (C=O) groups is 2. The minimum atomic E-state index is -4.88. The first-order chi connectivity index (χ1) is 25.3. The molecule has 3 aromatic carbocycles. The number of aromatic nitrogens is 2. The van der Waals surface area contributed by atoms with Crippen LogP contribution in [0.2, 0.25) is 0 Å². The number of alkyl halides is 3. The lowest BCUT2D eigenvalue weighted by atomic mass is 10.1. The van der Waals surface area contributed by atoms with Gasteiger partial charge in [-0.3, -0.25) is 28.4 Å². The predicted octanol–water partition coefficient (Wildman–Crippen LogP) is 4.23. The van der Waals surface area contributed by atoms with Gasteiger partial charge in [0.1, 0.15) is 11.5 Å². The Morgan fingerprint density at radius 1 is 0.925 bits per heavy atom. The number of nitrogens with two attached hydrogens (primary N) is 1. The molecule has 3 N–H and O–H groups in total. The van der Waals surface area contributed by atoms with Crippen LogP contribution in [-0.4, -0.2) is 65.2 Å². The molecule has 1 atom stereocenters. The van der Waals surface area contributed by atoms with E-state index >= 15 is 4.39 Å². The minimum Gasteiger partial charge on any atom is -0.466 e. The average Bonchev–Trinajstić information content (AvgIpc) is 3.13. The molecule has 1 aromatic heterocycles. The van der Waals surface area contributed by atoms with Crippen LogP contribution in [0.1, 0.15) is 57.7 Å². The number of hydrogen-bond donors (Lipinski definition) is 2. The van der Waals surface area contributed by atoms with Crippen molar-refractivity contribution in [1.82, 2.24) is 19.4 Å². The van der Waals surface area contributed by atoms with Crippen LogP contribution in [0.4, 0.5) is 23.2 Å². The van der Waals surface area contributed by atoms with Gasteiger partial charge in [-0.2, -0.15) is 13.2 Å². The molecule has 0 aliphatic carbocycles. The Bertz CT molecular complexity index is 2040. The van der Waals surface area contributed by atoms with Crippen LogP contribution in [0.15, 0.2) is 82.4 Å². The van der Waals surface area contributed by atoms with Crippen molar-refractivity contribution < 1.29 is 31.9 Å². The van der Waals surface area contributed by atoms with Crippen LogP contribution in [0.25, 0.3) is 0 Å². The lowest BCUT2D eigenvalue weighted by molar-refractivity contribution is -0.143. The molecule has 282 valence electrons. The van der Waals surface area contributed by atoms with Gasteiger partial charge in [-0.1, -0.05) is 48.5 Å². The van der Waals surface area contributed by atoms with Crippen molar-refractivity contribution in [2.45, 2.75) is 52.1 Å². The van der Waals surface area contributed by atoms with Crippen molar-refractivity contribution in [3.8, 4) is 0 Å². The lowest BCUT2D eigenvalue weighted by Crippen LogP contribution is -2.51. The van der Waals surface area contributed by atoms with Crippen molar-refractivity contribution in [3.63, 3.8) is 0 Å². The first-order valence-corrected chi connectivity index (χ1v) is 17.3. The Balaban J connectivity index is 1.39. The maximum absolute atomic E-state index is 15.0. The second kappa shape index (κ2) is 17.0. The molecule has 1 aliphatic heterocycles. The van der Waals surface area contributed by atoms with Gasteiger partial charge in [0, 0.05) is 62.1 Å². The highest BCUT2D eigenvalue weighted by molar-refractivity contribution is 5.94. The molecule has 0 saturated carbocycles. The van der Waals surface area contributed by atoms with Crippen LogP contribution in [0.3, 0.4) is 0 Å². The second-order valence-corrected chi connectivity index (χ2v) is 12.8. The summed E-state index contributed by atoms with van der Waals surface area (Å²) >= 11 is 0. The third-order valence-corrected chi connectivity index (χ3v) is 9.21. The molecule has 0 radical (unpaired) electrons. The molecule has 0 spiro atoms. The molecular weight excluding hydrogens is 696 g/mol. The number of esters is 1. The number of ether oxygens (including phenoxy) is 1. The molecule has 53 heavy (non-hydrogen) atoms. The Labute approximate surface area is 303 Å². The third kappa shape index (κ3) is 9.40. The topological polar surface area (TPSA) is 132 Å². The molecule has 1 aliphatic rings. The van der Waals surface area contributed by atoms with Crippen LogP contribution in [0, 0.1) is 12.7 Å². The van der Waals surface area contributed by atoms with Gasteiger partial charge in [0.05, 0.1) is 31.7 Å². The van der Waals surface area contributed by atoms with Gasteiger partial charge < -0.3 is 20.7 Å². The van der Waals surface area contributed by atoms with Crippen LogP contribution >= 0.6 is 0 Å². The van der Waals surface area contributed by atoms with Crippen LogP contribution in [0.5, 0.6) is 0 Å². The lowest BCUT2D eigenvalue weighted by Gasteiger charge is -2.37. The van der Waals surface area contributed by atoms with E-state index in [9.17, 15) is 32.3 Å². The molecule has 1 amide bonds. The normalized spacial score (nSPS) is 14.2. The van der Waals surface area contributed by atoms with E-state index in [-0.39, 0.29) is 43.4 Å². The first-order valence-electron chi connectivity index (χ1n) is 17.3. The number of nitrogens with zero attached hydrogens (tertiary/aromatic N) is 4. The largest absolute Gasteiger partial charge is 0.466 e. The molecule has 1 fully saturated rings. The number of carbonyl (C=O) groups excluding carboxylic acids is 2. The zero-order chi connectivity index (χ0) is 38.3. The quantitative estimate of drug-likeness (QED) is 0.154. The SMILES string of the molecule is CCOC(=O)CCNC(=O)c1cccc(CN2CCN(c3c(C)n(Cc4c(F)cccc4C(F)(F)F)c(=O)n(C[C@@H](N)c4ccccc4)c3=O)CC2)c1. The molecule has 0 bridgehead atoms. The molecule has 5 rings (SSSR count). The van der Waals surface area contributed by atoms with Gasteiger partial charge in [-0.15, -0.1) is 0 Å². The Morgan fingerprint density at radius 3 is 2.30 bits per heavy atom. The summed E-state index contributed by atoms with van der Waals surface area (Å²) in [5.74, 6) is -1.85. The minimum absolute atomic E-state index is 0.0587. The summed E-state index contributed by atoms with van der Waals surface area (Å²) in [6.07, 6.45) is -4.82. The Hall–Kier alpha value is -5.28. The van der Waals surface area contributed by atoms with Crippen molar-refractivity contribution in [2.24, 2.45) is 5.73 Å². The van der Waals surface area contributed by atoms with Gasteiger partial charge in [0.2, 0.25) is 0 Å². The van der Waals surface area contributed by atoms with E-state index in [1.807, 2.05) is 6.07 Å². The van der Waals surface area contributed by atoms with Gasteiger partial charge in [0.15, 0.2) is 0 Å². The molecule has 0 unspecified atom stereocenters. The average molecular weight is 739 g/mol. The maximum atomic E-state index is 15.0. The van der Waals surface area contributed by atoms with Crippen molar-refractivity contribution in [3.05, 3.63) is 133 Å². The fourth-order valence-electron chi connectivity index (χ4n) is 6.46. The zero-order valence-corrected chi connectivity index (χ0v) is 29.5. The second-order valence-electron chi connectivity index (χ2n) is 12.8. The van der Waals surface area contributed by atoms with E-state index in [1.165, 1.54) is 6.92 Å².